The van der Waals surface area contributed by atoms with Crippen molar-refractivity contribution in [3.8, 4) is 5.75 Å². The Labute approximate surface area is 153 Å². The minimum absolute atomic E-state index is 0.194. The number of rotatable bonds is 5. The summed E-state index contributed by atoms with van der Waals surface area (Å²) in [6.45, 7) is 10.3. The number of carbonyl (C=O) groups excluding carboxylic acids is 1. The molecule has 3 atom stereocenters. The molecular weight excluding hydrogens is 334 g/mol. The standard InChI is InChI=1S/C20H27NO5/c1-6-25-16-9-20(18(23)24,19(16,4)5)21-17(22)14-10-26-15-8-12(3)11(2)7-13(14)15/h7-8,14,16H,6,9-10H2,1-5H3,(H,21,22)(H,23,24). The molecule has 142 valence electrons. The maximum Gasteiger partial charge on any atom is 0.330 e. The molecule has 1 saturated carbocycles. The Morgan fingerprint density at radius 3 is 2.54 bits per heavy atom. The summed E-state index contributed by atoms with van der Waals surface area (Å²) in [6, 6.07) is 3.90. The van der Waals surface area contributed by atoms with Crippen LogP contribution in [-0.2, 0) is 14.3 Å². The zero-order valence-corrected chi connectivity index (χ0v) is 16.0. The van der Waals surface area contributed by atoms with Gasteiger partial charge in [-0.1, -0.05) is 19.9 Å². The average Bonchev–Trinajstić information content (AvgIpc) is 2.96. The number of amides is 1. The molecule has 6 nitrogen and oxygen atoms in total. The number of aryl methyl sites for hydroxylation is 2. The molecule has 1 fully saturated rings. The van der Waals surface area contributed by atoms with E-state index in [0.29, 0.717) is 12.4 Å². The van der Waals surface area contributed by atoms with Crippen LogP contribution in [0.3, 0.4) is 0 Å². The number of ether oxygens (including phenoxy) is 2. The number of nitrogens with one attached hydrogen (secondary N) is 1. The Kier molecular flexibility index (Phi) is 4.51. The third-order valence-electron chi connectivity index (χ3n) is 6.19. The Morgan fingerprint density at radius 2 is 1.96 bits per heavy atom. The predicted molar refractivity (Wildman–Crippen MR) is 96.5 cm³/mol. The van der Waals surface area contributed by atoms with Crippen molar-refractivity contribution < 1.29 is 24.2 Å². The van der Waals surface area contributed by atoms with E-state index in [2.05, 4.69) is 5.32 Å². The highest BCUT2D eigenvalue weighted by Gasteiger charge is 2.66. The third-order valence-corrected chi connectivity index (χ3v) is 6.19. The van der Waals surface area contributed by atoms with Crippen molar-refractivity contribution in [1.29, 1.82) is 0 Å². The van der Waals surface area contributed by atoms with Crippen molar-refractivity contribution in [2.75, 3.05) is 13.2 Å². The highest BCUT2D eigenvalue weighted by molar-refractivity contribution is 5.93. The number of fused-ring (bicyclic) bond motifs is 1. The summed E-state index contributed by atoms with van der Waals surface area (Å²) in [5.74, 6) is -1.12. The molecule has 1 aromatic carbocycles. The molecule has 0 saturated heterocycles. The van der Waals surface area contributed by atoms with Gasteiger partial charge in [-0.2, -0.15) is 0 Å². The van der Waals surface area contributed by atoms with Crippen LogP contribution in [0.1, 0.15) is 49.8 Å². The van der Waals surface area contributed by atoms with Crippen molar-refractivity contribution in [1.82, 2.24) is 5.32 Å². The number of hydrogen-bond donors (Lipinski definition) is 2. The van der Waals surface area contributed by atoms with E-state index in [0.717, 1.165) is 16.7 Å². The molecule has 2 N–H and O–H groups in total. The van der Waals surface area contributed by atoms with Gasteiger partial charge in [-0.15, -0.1) is 0 Å². The van der Waals surface area contributed by atoms with Gasteiger partial charge in [0.05, 0.1) is 6.10 Å². The van der Waals surface area contributed by atoms with E-state index in [1.54, 1.807) is 0 Å². The van der Waals surface area contributed by atoms with E-state index in [9.17, 15) is 14.7 Å². The Bertz CT molecular complexity index is 757. The van der Waals surface area contributed by atoms with E-state index >= 15 is 0 Å². The monoisotopic (exact) mass is 361 g/mol. The Morgan fingerprint density at radius 1 is 1.31 bits per heavy atom. The van der Waals surface area contributed by atoms with E-state index < -0.39 is 22.8 Å². The molecule has 3 rings (SSSR count). The molecule has 1 amide bonds. The summed E-state index contributed by atoms with van der Waals surface area (Å²) < 4.78 is 11.3. The molecular formula is C20H27NO5. The normalized spacial score (nSPS) is 28.7. The molecule has 0 spiro atoms. The lowest BCUT2D eigenvalue weighted by molar-refractivity contribution is -0.194. The predicted octanol–water partition coefficient (Wildman–Crippen LogP) is 2.55. The highest BCUT2D eigenvalue weighted by atomic mass is 16.5. The summed E-state index contributed by atoms with van der Waals surface area (Å²) in [6.07, 6.45) is 0.0725. The number of carboxylic acids is 1. The van der Waals surface area contributed by atoms with Crippen molar-refractivity contribution >= 4 is 11.9 Å². The van der Waals surface area contributed by atoms with Crippen LogP contribution in [0.15, 0.2) is 12.1 Å². The summed E-state index contributed by atoms with van der Waals surface area (Å²) in [7, 11) is 0. The van der Waals surface area contributed by atoms with Gasteiger partial charge in [0.15, 0.2) is 0 Å². The number of aliphatic carboxylic acids is 1. The molecule has 26 heavy (non-hydrogen) atoms. The molecule has 6 heteroatoms. The van der Waals surface area contributed by atoms with E-state index in [4.69, 9.17) is 9.47 Å². The number of hydrogen-bond acceptors (Lipinski definition) is 4. The van der Waals surface area contributed by atoms with Crippen molar-refractivity contribution in [3.05, 3.63) is 28.8 Å². The van der Waals surface area contributed by atoms with Gasteiger partial charge in [-0.3, -0.25) is 4.79 Å². The largest absolute Gasteiger partial charge is 0.492 e. The van der Waals surface area contributed by atoms with Gasteiger partial charge >= 0.3 is 5.97 Å². The zero-order valence-electron chi connectivity index (χ0n) is 16.0. The molecule has 1 heterocycles. The van der Waals surface area contributed by atoms with Crippen LogP contribution >= 0.6 is 0 Å². The van der Waals surface area contributed by atoms with Crippen LogP contribution < -0.4 is 10.1 Å². The quantitative estimate of drug-likeness (QED) is 0.842. The summed E-state index contributed by atoms with van der Waals surface area (Å²) >= 11 is 0. The molecule has 0 radical (unpaired) electrons. The first kappa shape index (κ1) is 18.7. The fourth-order valence-corrected chi connectivity index (χ4v) is 4.02. The minimum Gasteiger partial charge on any atom is -0.492 e. The second kappa shape index (κ2) is 6.27. The van der Waals surface area contributed by atoms with E-state index in [1.165, 1.54) is 0 Å². The number of carboxylic acid groups (broad SMARTS) is 1. The van der Waals surface area contributed by atoms with Gasteiger partial charge in [-0.05, 0) is 38.0 Å². The van der Waals surface area contributed by atoms with Crippen molar-refractivity contribution in [2.24, 2.45) is 5.41 Å². The van der Waals surface area contributed by atoms with E-state index in [1.807, 2.05) is 46.8 Å². The van der Waals surface area contributed by atoms with Crippen LogP contribution in [0.25, 0.3) is 0 Å². The first-order valence-electron chi connectivity index (χ1n) is 9.05. The van der Waals surface area contributed by atoms with Crippen LogP contribution in [0, 0.1) is 19.3 Å². The molecule has 0 aromatic heterocycles. The molecule has 1 aliphatic carbocycles. The van der Waals surface area contributed by atoms with Gasteiger partial charge in [-0.25, -0.2) is 4.79 Å². The molecule has 3 unspecified atom stereocenters. The Hall–Kier alpha value is -2.08. The number of benzene rings is 1. The first-order chi connectivity index (χ1) is 12.1. The van der Waals surface area contributed by atoms with Gasteiger partial charge < -0.3 is 19.9 Å². The molecule has 1 aliphatic heterocycles. The molecule has 2 aliphatic rings. The summed E-state index contributed by atoms with van der Waals surface area (Å²) in [5, 5.41) is 12.7. The zero-order chi connectivity index (χ0) is 19.3. The number of carbonyl (C=O) groups is 2. The van der Waals surface area contributed by atoms with Gasteiger partial charge in [0, 0.05) is 24.0 Å². The highest BCUT2D eigenvalue weighted by Crippen LogP contribution is 2.52. The third kappa shape index (κ3) is 2.58. The van der Waals surface area contributed by atoms with Crippen LogP contribution in [0.4, 0.5) is 0 Å². The lowest BCUT2D eigenvalue weighted by Gasteiger charge is -2.58. The van der Waals surface area contributed by atoms with Gasteiger partial charge in [0.1, 0.15) is 23.8 Å². The van der Waals surface area contributed by atoms with Crippen molar-refractivity contribution in [2.45, 2.75) is 58.6 Å². The second-order valence-electron chi connectivity index (χ2n) is 7.91. The van der Waals surface area contributed by atoms with Gasteiger partial charge in [0.25, 0.3) is 0 Å². The van der Waals surface area contributed by atoms with Crippen molar-refractivity contribution in [3.63, 3.8) is 0 Å². The smallest absolute Gasteiger partial charge is 0.330 e. The van der Waals surface area contributed by atoms with Crippen LogP contribution in [-0.4, -0.2) is 41.8 Å². The average molecular weight is 361 g/mol. The van der Waals surface area contributed by atoms with E-state index in [-0.39, 0.29) is 25.0 Å². The lowest BCUT2D eigenvalue weighted by Crippen LogP contribution is -2.76. The second-order valence-corrected chi connectivity index (χ2v) is 7.91. The SMILES string of the molecule is CCOC1CC(NC(=O)C2COc3cc(C)c(C)cc32)(C(=O)O)C1(C)C. The Balaban J connectivity index is 1.84. The van der Waals surface area contributed by atoms with Crippen LogP contribution in [0.5, 0.6) is 5.75 Å². The maximum atomic E-state index is 13.0. The maximum absolute atomic E-state index is 13.0. The topological polar surface area (TPSA) is 84.9 Å². The summed E-state index contributed by atoms with van der Waals surface area (Å²) in [5.41, 5.74) is 0.985. The van der Waals surface area contributed by atoms with Gasteiger partial charge in [0.2, 0.25) is 5.91 Å². The lowest BCUT2D eigenvalue weighted by atomic mass is 9.54. The fourth-order valence-electron chi connectivity index (χ4n) is 4.02. The fraction of sp³-hybridized carbons (Fsp3) is 0.600. The first-order valence-corrected chi connectivity index (χ1v) is 9.05. The van der Waals surface area contributed by atoms with Crippen LogP contribution in [0.2, 0.25) is 0 Å². The molecule has 0 bridgehead atoms. The summed E-state index contributed by atoms with van der Waals surface area (Å²) in [4.78, 5) is 25.0. The minimum atomic E-state index is -1.33. The molecule has 1 aromatic rings.